The molecule has 0 bridgehead atoms. The minimum Gasteiger partial charge on any atom is -0.504 e. The average Bonchev–Trinajstić information content (AvgIpc) is 3.16. The Bertz CT molecular complexity index is 710. The van der Waals surface area contributed by atoms with E-state index in [0.717, 1.165) is 24.8 Å². The molecule has 5 nitrogen and oxygen atoms in total. The minimum absolute atomic E-state index is 0.0119. The topological polar surface area (TPSA) is 87.0 Å². The monoisotopic (exact) mass is 432 g/mol. The van der Waals surface area contributed by atoms with Crippen molar-refractivity contribution in [1.29, 1.82) is 0 Å². The van der Waals surface area contributed by atoms with Crippen LogP contribution in [0.25, 0.3) is 0 Å². The van der Waals surface area contributed by atoms with Crippen LogP contribution in [0.2, 0.25) is 0 Å². The molecule has 1 spiro atoms. The summed E-state index contributed by atoms with van der Waals surface area (Å²) >= 11 is 0. The Balaban J connectivity index is 1.49. The second-order valence-electron chi connectivity index (χ2n) is 9.92. The lowest BCUT2D eigenvalue weighted by atomic mass is 9.72. The van der Waals surface area contributed by atoms with Crippen LogP contribution >= 0.6 is 0 Å². The van der Waals surface area contributed by atoms with E-state index >= 15 is 0 Å². The van der Waals surface area contributed by atoms with Gasteiger partial charge in [-0.1, -0.05) is 32.3 Å². The van der Waals surface area contributed by atoms with Gasteiger partial charge < -0.3 is 20.1 Å². The fourth-order valence-corrected chi connectivity index (χ4v) is 5.56. The number of carbonyl (C=O) groups is 1. The Labute approximate surface area is 186 Å². The minimum atomic E-state index is -0.790. The van der Waals surface area contributed by atoms with Crippen molar-refractivity contribution in [3.8, 4) is 11.5 Å². The maximum atomic E-state index is 12.3. The Morgan fingerprint density at radius 2 is 1.90 bits per heavy atom. The number of phenols is 1. The highest BCUT2D eigenvalue weighted by atomic mass is 16.5. The van der Waals surface area contributed by atoms with E-state index in [9.17, 15) is 20.1 Å². The summed E-state index contributed by atoms with van der Waals surface area (Å²) in [7, 11) is 0. The van der Waals surface area contributed by atoms with Gasteiger partial charge in [0.1, 0.15) is 5.78 Å². The second kappa shape index (κ2) is 11.3. The van der Waals surface area contributed by atoms with Crippen LogP contribution in [0, 0.1) is 5.41 Å². The van der Waals surface area contributed by atoms with Crippen molar-refractivity contribution >= 4 is 5.78 Å². The van der Waals surface area contributed by atoms with E-state index in [-0.39, 0.29) is 30.5 Å². The first-order chi connectivity index (χ1) is 14.9. The molecule has 1 aromatic carbocycles. The van der Waals surface area contributed by atoms with Crippen molar-refractivity contribution in [2.24, 2.45) is 5.41 Å². The molecule has 0 heterocycles. The van der Waals surface area contributed by atoms with Crippen LogP contribution in [-0.4, -0.2) is 39.4 Å². The first-order valence-corrected chi connectivity index (χ1v) is 12.3. The zero-order valence-electron chi connectivity index (χ0n) is 19.0. The number of aromatic hydroxyl groups is 1. The van der Waals surface area contributed by atoms with Gasteiger partial charge in [-0.05, 0) is 80.9 Å². The van der Waals surface area contributed by atoms with Crippen molar-refractivity contribution in [3.05, 3.63) is 23.8 Å². The van der Waals surface area contributed by atoms with Gasteiger partial charge in [0.15, 0.2) is 11.5 Å². The Morgan fingerprint density at radius 1 is 1.16 bits per heavy atom. The number of aryl methyl sites for hydroxylation is 1. The van der Waals surface area contributed by atoms with Crippen molar-refractivity contribution in [2.75, 3.05) is 0 Å². The fourth-order valence-electron chi connectivity index (χ4n) is 5.56. The van der Waals surface area contributed by atoms with E-state index in [2.05, 4.69) is 0 Å². The smallest absolute Gasteiger partial charge is 0.161 e. The largest absolute Gasteiger partial charge is 0.504 e. The molecule has 2 fully saturated rings. The number of phenolic OH excluding ortho intramolecular Hbond substituents is 1. The zero-order valence-corrected chi connectivity index (χ0v) is 19.0. The van der Waals surface area contributed by atoms with Crippen LogP contribution < -0.4 is 4.74 Å². The number of Topliss-reactive ketones (excluding diaryl/α,β-unsaturated/α-hetero) is 1. The summed E-state index contributed by atoms with van der Waals surface area (Å²) in [6.07, 6.45) is 11.4. The molecule has 1 aromatic rings. The van der Waals surface area contributed by atoms with Gasteiger partial charge in [0.05, 0.1) is 18.3 Å². The van der Waals surface area contributed by atoms with Crippen LogP contribution in [0.15, 0.2) is 18.2 Å². The maximum Gasteiger partial charge on any atom is 0.161 e. The van der Waals surface area contributed by atoms with Gasteiger partial charge in [0.2, 0.25) is 0 Å². The molecule has 3 rings (SSSR count). The molecule has 3 N–H and O–H groups in total. The zero-order chi connectivity index (χ0) is 22.3. The molecule has 0 unspecified atom stereocenters. The summed E-state index contributed by atoms with van der Waals surface area (Å²) in [5.74, 6) is 0.663. The number of hydrogen-bond donors (Lipinski definition) is 3. The summed E-state index contributed by atoms with van der Waals surface area (Å²) in [5, 5.41) is 30.1. The van der Waals surface area contributed by atoms with E-state index < -0.39 is 12.2 Å². The summed E-state index contributed by atoms with van der Waals surface area (Å²) in [4.78, 5) is 12.3. The van der Waals surface area contributed by atoms with Crippen molar-refractivity contribution < 1.29 is 24.9 Å². The first-order valence-electron chi connectivity index (χ1n) is 12.3. The lowest BCUT2D eigenvalue weighted by molar-refractivity contribution is -0.121. The fraction of sp³-hybridized carbons (Fsp3) is 0.731. The lowest BCUT2D eigenvalue weighted by Crippen LogP contribution is -2.32. The molecular weight excluding hydrogens is 392 g/mol. The summed E-state index contributed by atoms with van der Waals surface area (Å²) in [6, 6.07) is 5.34. The third-order valence-electron chi connectivity index (χ3n) is 7.20. The molecule has 0 amide bonds. The third-order valence-corrected chi connectivity index (χ3v) is 7.20. The van der Waals surface area contributed by atoms with E-state index in [1.807, 2.05) is 19.1 Å². The van der Waals surface area contributed by atoms with Crippen LogP contribution in [0.4, 0.5) is 0 Å². The number of aliphatic hydroxyl groups excluding tert-OH is 2. The van der Waals surface area contributed by atoms with Gasteiger partial charge >= 0.3 is 0 Å². The van der Waals surface area contributed by atoms with Gasteiger partial charge in [-0.3, -0.25) is 4.79 Å². The first kappa shape index (κ1) is 24.1. The van der Waals surface area contributed by atoms with Crippen LogP contribution in [0.3, 0.4) is 0 Å². The molecule has 0 aliphatic heterocycles. The number of benzene rings is 1. The predicted molar refractivity (Wildman–Crippen MR) is 121 cm³/mol. The highest BCUT2D eigenvalue weighted by Gasteiger charge is 2.39. The van der Waals surface area contributed by atoms with Gasteiger partial charge in [0.25, 0.3) is 0 Å². The van der Waals surface area contributed by atoms with Crippen LogP contribution in [0.1, 0.15) is 96.0 Å². The Morgan fingerprint density at radius 3 is 2.65 bits per heavy atom. The normalized spacial score (nSPS) is 22.4. The van der Waals surface area contributed by atoms with E-state index in [4.69, 9.17) is 4.74 Å². The number of ketones is 1. The number of carbonyl (C=O) groups excluding carboxylic acids is 1. The highest BCUT2D eigenvalue weighted by molar-refractivity contribution is 5.79. The maximum absolute atomic E-state index is 12.3. The number of ether oxygens (including phenoxy) is 1. The van der Waals surface area contributed by atoms with Crippen LogP contribution in [-0.2, 0) is 11.2 Å². The molecule has 31 heavy (non-hydrogen) atoms. The van der Waals surface area contributed by atoms with E-state index in [1.54, 1.807) is 6.07 Å². The molecule has 2 aliphatic carbocycles. The Hall–Kier alpha value is -1.59. The van der Waals surface area contributed by atoms with Crippen molar-refractivity contribution in [1.82, 2.24) is 0 Å². The SMILES string of the molecule is CCC[C@H](O)C[C@@H](O)CC(=O)CCc1ccc(O)c(O[C@@H]2CCCC3(CCCC3)C2)c1. The Kier molecular flexibility index (Phi) is 8.79. The number of aliphatic hydroxyl groups is 2. The standard InChI is InChI=1S/C26H40O5/c1-2-6-20(27)16-22(29)17-21(28)10-8-19-9-11-24(30)25(15-19)31-23-7-5-14-26(18-23)12-3-4-13-26/h9,11,15,20,22-23,27,29-30H,2-8,10,12-14,16-18H2,1H3/t20-,22+,23+/m0/s1. The molecule has 3 atom stereocenters. The van der Waals surface area contributed by atoms with Gasteiger partial charge in [0, 0.05) is 12.8 Å². The van der Waals surface area contributed by atoms with Gasteiger partial charge in [-0.25, -0.2) is 0 Å². The molecule has 2 aliphatic rings. The van der Waals surface area contributed by atoms with Crippen molar-refractivity contribution in [2.45, 2.75) is 115 Å². The molecule has 2 saturated carbocycles. The summed E-state index contributed by atoms with van der Waals surface area (Å²) in [5.41, 5.74) is 1.40. The van der Waals surface area contributed by atoms with Crippen molar-refractivity contribution in [3.63, 3.8) is 0 Å². The second-order valence-corrected chi connectivity index (χ2v) is 9.92. The van der Waals surface area contributed by atoms with Gasteiger partial charge in [-0.2, -0.15) is 0 Å². The average molecular weight is 433 g/mol. The number of hydrogen-bond acceptors (Lipinski definition) is 5. The molecule has 5 heteroatoms. The van der Waals surface area contributed by atoms with E-state index in [1.165, 1.54) is 38.5 Å². The summed E-state index contributed by atoms with van der Waals surface area (Å²) < 4.78 is 6.25. The highest BCUT2D eigenvalue weighted by Crippen LogP contribution is 2.49. The molecule has 0 saturated heterocycles. The quantitative estimate of drug-likeness (QED) is 0.454. The third kappa shape index (κ3) is 7.21. The molecule has 174 valence electrons. The van der Waals surface area contributed by atoms with Gasteiger partial charge in [-0.15, -0.1) is 0 Å². The predicted octanol–water partition coefficient (Wildman–Crippen LogP) is 5.08. The molecule has 0 radical (unpaired) electrons. The molecular formula is C26H40O5. The van der Waals surface area contributed by atoms with E-state index in [0.29, 0.717) is 30.4 Å². The summed E-state index contributed by atoms with van der Waals surface area (Å²) in [6.45, 7) is 1.98. The van der Waals surface area contributed by atoms with Crippen LogP contribution in [0.5, 0.6) is 11.5 Å². The lowest BCUT2D eigenvalue weighted by Gasteiger charge is -2.38. The molecule has 0 aromatic heterocycles. The number of rotatable bonds is 11.